The lowest BCUT2D eigenvalue weighted by molar-refractivity contribution is -0.122. The van der Waals surface area contributed by atoms with Crippen LogP contribution in [0.1, 0.15) is 33.6 Å². The minimum Gasteiger partial charge on any atom is -0.381 e. The summed E-state index contributed by atoms with van der Waals surface area (Å²) >= 11 is 0. The molecular weight excluding hydrogens is 154 g/mol. The summed E-state index contributed by atoms with van der Waals surface area (Å²) in [6.45, 7) is 7.23. The van der Waals surface area contributed by atoms with Crippen molar-refractivity contribution >= 4 is 5.91 Å². The minimum atomic E-state index is 0.0705. The van der Waals surface area contributed by atoms with Crippen LogP contribution in [-0.4, -0.2) is 25.2 Å². The van der Waals surface area contributed by atoms with Crippen molar-refractivity contribution in [1.29, 1.82) is 0 Å². The summed E-state index contributed by atoms with van der Waals surface area (Å²) in [5.41, 5.74) is 0. The molecule has 0 radical (unpaired) electrons. The van der Waals surface area contributed by atoms with Gasteiger partial charge in [0.05, 0.1) is 6.61 Å². The minimum absolute atomic E-state index is 0.0705. The van der Waals surface area contributed by atoms with E-state index in [1.807, 2.05) is 20.8 Å². The number of carbonyl (C=O) groups excluding carboxylic acids is 1. The molecule has 0 aliphatic heterocycles. The second-order valence-corrected chi connectivity index (χ2v) is 3.08. The molecule has 0 aromatic heterocycles. The Morgan fingerprint density at radius 2 is 2.08 bits per heavy atom. The van der Waals surface area contributed by atoms with Gasteiger partial charge in [-0.15, -0.1) is 0 Å². The Labute approximate surface area is 74.5 Å². The number of hydrogen-bond donors (Lipinski definition) is 1. The van der Waals surface area contributed by atoms with Gasteiger partial charge in [0.15, 0.2) is 0 Å². The van der Waals surface area contributed by atoms with Crippen LogP contribution in [0.2, 0.25) is 0 Å². The Kier molecular flexibility index (Phi) is 6.76. The molecule has 0 aromatic carbocycles. The first-order valence-corrected chi connectivity index (χ1v) is 4.54. The third-order valence-corrected chi connectivity index (χ3v) is 1.27. The summed E-state index contributed by atoms with van der Waals surface area (Å²) in [4.78, 5) is 11.0. The molecule has 0 aliphatic carbocycles. The lowest BCUT2D eigenvalue weighted by atomic mass is 10.3. The van der Waals surface area contributed by atoms with E-state index in [1.165, 1.54) is 0 Å². The van der Waals surface area contributed by atoms with E-state index < -0.39 is 0 Å². The van der Waals surface area contributed by atoms with Crippen molar-refractivity contribution in [3.05, 3.63) is 0 Å². The topological polar surface area (TPSA) is 38.3 Å². The van der Waals surface area contributed by atoms with Crippen LogP contribution in [0.25, 0.3) is 0 Å². The third-order valence-electron chi connectivity index (χ3n) is 1.27. The van der Waals surface area contributed by atoms with E-state index in [-0.39, 0.29) is 11.9 Å². The smallest absolute Gasteiger partial charge is 0.222 e. The average Bonchev–Trinajstić information content (AvgIpc) is 1.97. The van der Waals surface area contributed by atoms with Gasteiger partial charge in [-0.2, -0.15) is 0 Å². The van der Waals surface area contributed by atoms with Crippen LogP contribution in [0.5, 0.6) is 0 Å². The van der Waals surface area contributed by atoms with Crippen LogP contribution in [0.15, 0.2) is 0 Å². The Hall–Kier alpha value is -0.570. The summed E-state index contributed by atoms with van der Waals surface area (Å²) in [7, 11) is 0. The van der Waals surface area contributed by atoms with Gasteiger partial charge in [-0.25, -0.2) is 0 Å². The van der Waals surface area contributed by atoms with E-state index in [0.29, 0.717) is 13.0 Å². The molecule has 0 rings (SSSR count). The summed E-state index contributed by atoms with van der Waals surface area (Å²) in [6.07, 6.45) is 1.48. The van der Waals surface area contributed by atoms with Crippen LogP contribution < -0.4 is 5.32 Å². The number of carbonyl (C=O) groups is 1. The maximum absolute atomic E-state index is 11.0. The SMILES string of the molecule is CCCOCCC(=O)NC(C)C. The maximum Gasteiger partial charge on any atom is 0.222 e. The predicted molar refractivity (Wildman–Crippen MR) is 49.0 cm³/mol. The summed E-state index contributed by atoms with van der Waals surface area (Å²) in [6, 6.07) is 0.226. The standard InChI is InChI=1S/C9H19NO2/c1-4-6-12-7-5-9(11)10-8(2)3/h8H,4-7H2,1-3H3,(H,10,11). The molecule has 0 heterocycles. The van der Waals surface area contributed by atoms with Gasteiger partial charge in [0, 0.05) is 19.1 Å². The fraction of sp³-hybridized carbons (Fsp3) is 0.889. The largest absolute Gasteiger partial charge is 0.381 e. The highest BCUT2D eigenvalue weighted by atomic mass is 16.5. The van der Waals surface area contributed by atoms with E-state index >= 15 is 0 Å². The molecule has 0 aliphatic rings. The van der Waals surface area contributed by atoms with Gasteiger partial charge >= 0.3 is 0 Å². The van der Waals surface area contributed by atoms with Crippen molar-refractivity contribution in [2.45, 2.75) is 39.7 Å². The Balaban J connectivity index is 3.20. The highest BCUT2D eigenvalue weighted by Crippen LogP contribution is 1.87. The monoisotopic (exact) mass is 173 g/mol. The van der Waals surface area contributed by atoms with E-state index in [2.05, 4.69) is 5.32 Å². The predicted octanol–water partition coefficient (Wildman–Crippen LogP) is 1.33. The molecule has 12 heavy (non-hydrogen) atoms. The zero-order chi connectivity index (χ0) is 9.40. The van der Waals surface area contributed by atoms with Crippen molar-refractivity contribution in [1.82, 2.24) is 5.32 Å². The van der Waals surface area contributed by atoms with Gasteiger partial charge in [-0.3, -0.25) is 4.79 Å². The van der Waals surface area contributed by atoms with Crippen molar-refractivity contribution < 1.29 is 9.53 Å². The first kappa shape index (κ1) is 11.4. The molecule has 0 saturated carbocycles. The molecule has 72 valence electrons. The van der Waals surface area contributed by atoms with Gasteiger partial charge < -0.3 is 10.1 Å². The molecule has 1 amide bonds. The Morgan fingerprint density at radius 3 is 2.58 bits per heavy atom. The molecule has 0 fully saturated rings. The molecule has 3 nitrogen and oxygen atoms in total. The van der Waals surface area contributed by atoms with Gasteiger partial charge in [0.1, 0.15) is 0 Å². The fourth-order valence-corrected chi connectivity index (χ4v) is 0.805. The second-order valence-electron chi connectivity index (χ2n) is 3.08. The van der Waals surface area contributed by atoms with Gasteiger partial charge in [0.2, 0.25) is 5.91 Å². The molecule has 0 saturated heterocycles. The van der Waals surface area contributed by atoms with E-state index in [4.69, 9.17) is 4.74 Å². The number of ether oxygens (including phenoxy) is 1. The van der Waals surface area contributed by atoms with Gasteiger partial charge in [-0.1, -0.05) is 6.92 Å². The number of nitrogens with one attached hydrogen (secondary N) is 1. The molecule has 3 heteroatoms. The molecule has 0 spiro atoms. The number of rotatable bonds is 6. The van der Waals surface area contributed by atoms with Gasteiger partial charge in [-0.05, 0) is 20.3 Å². The Morgan fingerprint density at radius 1 is 1.42 bits per heavy atom. The highest BCUT2D eigenvalue weighted by molar-refractivity contribution is 5.76. The Bertz CT molecular complexity index is 124. The van der Waals surface area contributed by atoms with E-state index in [1.54, 1.807) is 0 Å². The van der Waals surface area contributed by atoms with Gasteiger partial charge in [0.25, 0.3) is 0 Å². The van der Waals surface area contributed by atoms with Crippen molar-refractivity contribution in [3.63, 3.8) is 0 Å². The first-order chi connectivity index (χ1) is 5.66. The molecule has 0 aromatic rings. The second kappa shape index (κ2) is 7.10. The third kappa shape index (κ3) is 7.54. The number of amides is 1. The summed E-state index contributed by atoms with van der Waals surface area (Å²) in [5.74, 6) is 0.0705. The molecule has 0 atom stereocenters. The summed E-state index contributed by atoms with van der Waals surface area (Å²) in [5, 5.41) is 2.80. The first-order valence-electron chi connectivity index (χ1n) is 4.54. The fourth-order valence-electron chi connectivity index (χ4n) is 0.805. The zero-order valence-electron chi connectivity index (χ0n) is 8.22. The molecule has 0 unspecified atom stereocenters. The van der Waals surface area contributed by atoms with Crippen LogP contribution in [0.4, 0.5) is 0 Å². The lowest BCUT2D eigenvalue weighted by Crippen LogP contribution is -2.30. The van der Waals surface area contributed by atoms with Crippen LogP contribution in [0, 0.1) is 0 Å². The van der Waals surface area contributed by atoms with E-state index in [0.717, 1.165) is 13.0 Å². The maximum atomic E-state index is 11.0. The lowest BCUT2D eigenvalue weighted by Gasteiger charge is -2.07. The molecule has 1 N–H and O–H groups in total. The van der Waals surface area contributed by atoms with E-state index in [9.17, 15) is 4.79 Å². The zero-order valence-corrected chi connectivity index (χ0v) is 8.22. The average molecular weight is 173 g/mol. The van der Waals surface area contributed by atoms with Crippen molar-refractivity contribution in [2.24, 2.45) is 0 Å². The highest BCUT2D eigenvalue weighted by Gasteiger charge is 2.01. The van der Waals surface area contributed by atoms with Crippen LogP contribution in [0.3, 0.4) is 0 Å². The number of hydrogen-bond acceptors (Lipinski definition) is 2. The quantitative estimate of drug-likeness (QED) is 0.615. The summed E-state index contributed by atoms with van der Waals surface area (Å²) < 4.78 is 5.17. The molecule has 0 bridgehead atoms. The van der Waals surface area contributed by atoms with Crippen LogP contribution in [-0.2, 0) is 9.53 Å². The van der Waals surface area contributed by atoms with Crippen LogP contribution >= 0.6 is 0 Å². The molecular formula is C9H19NO2. The normalized spacial score (nSPS) is 10.3. The van der Waals surface area contributed by atoms with Crippen molar-refractivity contribution in [2.75, 3.05) is 13.2 Å². The van der Waals surface area contributed by atoms with Crippen molar-refractivity contribution in [3.8, 4) is 0 Å².